The van der Waals surface area contributed by atoms with E-state index in [1.807, 2.05) is 20.8 Å². The standard InChI is InChI=1S/C15H25N5O2/c1-10-5-11(19-14(21)22-15(2,3)4)8-20(7-10)13-12(16)6-17-9-18-13/h6,9-11H,5,7-8,16H2,1-4H3,(H,19,21)/t10-,11+/m0/s1. The van der Waals surface area contributed by atoms with Gasteiger partial charge in [-0.15, -0.1) is 0 Å². The van der Waals surface area contributed by atoms with E-state index in [0.29, 0.717) is 18.2 Å². The molecule has 122 valence electrons. The van der Waals surface area contributed by atoms with Crippen molar-refractivity contribution in [3.63, 3.8) is 0 Å². The Morgan fingerprint density at radius 2 is 2.18 bits per heavy atom. The van der Waals surface area contributed by atoms with Crippen LogP contribution in [-0.2, 0) is 4.74 Å². The van der Waals surface area contributed by atoms with Crippen LogP contribution in [0.15, 0.2) is 12.5 Å². The van der Waals surface area contributed by atoms with E-state index in [4.69, 9.17) is 10.5 Å². The molecule has 2 heterocycles. The predicted molar refractivity (Wildman–Crippen MR) is 85.6 cm³/mol. The van der Waals surface area contributed by atoms with Crippen molar-refractivity contribution in [1.82, 2.24) is 15.3 Å². The van der Waals surface area contributed by atoms with Crippen LogP contribution in [0.3, 0.4) is 0 Å². The summed E-state index contributed by atoms with van der Waals surface area (Å²) in [6.07, 6.45) is 3.60. The smallest absolute Gasteiger partial charge is 0.407 e. The van der Waals surface area contributed by atoms with Crippen molar-refractivity contribution in [2.24, 2.45) is 5.92 Å². The third kappa shape index (κ3) is 4.47. The van der Waals surface area contributed by atoms with E-state index in [9.17, 15) is 4.79 Å². The Labute approximate surface area is 131 Å². The van der Waals surface area contributed by atoms with Gasteiger partial charge in [0.15, 0.2) is 5.82 Å². The Morgan fingerprint density at radius 1 is 1.45 bits per heavy atom. The highest BCUT2D eigenvalue weighted by Crippen LogP contribution is 2.25. The summed E-state index contributed by atoms with van der Waals surface area (Å²) < 4.78 is 5.32. The van der Waals surface area contributed by atoms with Gasteiger partial charge < -0.3 is 20.7 Å². The molecular formula is C15H25N5O2. The van der Waals surface area contributed by atoms with Crippen molar-refractivity contribution in [1.29, 1.82) is 0 Å². The van der Waals surface area contributed by atoms with Gasteiger partial charge in [0.05, 0.1) is 17.9 Å². The van der Waals surface area contributed by atoms with Crippen LogP contribution in [0.5, 0.6) is 0 Å². The molecule has 1 aromatic rings. The van der Waals surface area contributed by atoms with Crippen molar-refractivity contribution in [2.75, 3.05) is 23.7 Å². The van der Waals surface area contributed by atoms with E-state index >= 15 is 0 Å². The van der Waals surface area contributed by atoms with Crippen LogP contribution in [0, 0.1) is 5.92 Å². The third-order valence-electron chi connectivity index (χ3n) is 3.40. The first-order valence-corrected chi connectivity index (χ1v) is 7.54. The number of rotatable bonds is 2. The molecule has 7 heteroatoms. The molecule has 22 heavy (non-hydrogen) atoms. The largest absolute Gasteiger partial charge is 0.444 e. The van der Waals surface area contributed by atoms with E-state index < -0.39 is 5.60 Å². The lowest BCUT2D eigenvalue weighted by molar-refractivity contribution is 0.0495. The second-order valence-corrected chi connectivity index (χ2v) is 6.89. The minimum Gasteiger partial charge on any atom is -0.444 e. The van der Waals surface area contributed by atoms with E-state index in [0.717, 1.165) is 18.8 Å². The molecule has 0 unspecified atom stereocenters. The summed E-state index contributed by atoms with van der Waals surface area (Å²) in [5, 5.41) is 2.94. The van der Waals surface area contributed by atoms with Gasteiger partial charge in [0, 0.05) is 13.1 Å². The van der Waals surface area contributed by atoms with Crippen LogP contribution in [0.25, 0.3) is 0 Å². The highest BCUT2D eigenvalue weighted by molar-refractivity contribution is 5.68. The molecule has 2 rings (SSSR count). The average molecular weight is 307 g/mol. The molecule has 1 amide bonds. The number of aromatic nitrogens is 2. The van der Waals surface area contributed by atoms with Crippen molar-refractivity contribution in [2.45, 2.75) is 45.8 Å². The molecule has 0 bridgehead atoms. The second kappa shape index (κ2) is 6.37. The molecule has 0 saturated carbocycles. The summed E-state index contributed by atoms with van der Waals surface area (Å²) in [7, 11) is 0. The number of amides is 1. The quantitative estimate of drug-likeness (QED) is 0.865. The zero-order valence-corrected chi connectivity index (χ0v) is 13.7. The van der Waals surface area contributed by atoms with Gasteiger partial charge in [0.25, 0.3) is 0 Å². The molecule has 1 saturated heterocycles. The molecule has 1 aliphatic rings. The molecule has 1 aliphatic heterocycles. The Bertz CT molecular complexity index is 529. The number of ether oxygens (including phenoxy) is 1. The van der Waals surface area contributed by atoms with E-state index in [-0.39, 0.29) is 12.1 Å². The first-order valence-electron chi connectivity index (χ1n) is 7.54. The fraction of sp³-hybridized carbons (Fsp3) is 0.667. The molecule has 3 N–H and O–H groups in total. The molecule has 0 spiro atoms. The van der Waals surface area contributed by atoms with Crippen molar-refractivity contribution >= 4 is 17.6 Å². The summed E-state index contributed by atoms with van der Waals surface area (Å²) >= 11 is 0. The Balaban J connectivity index is 2.02. The summed E-state index contributed by atoms with van der Waals surface area (Å²) in [5.41, 5.74) is 6.00. The number of alkyl carbamates (subject to hydrolysis) is 1. The van der Waals surface area contributed by atoms with Crippen molar-refractivity contribution in [3.05, 3.63) is 12.5 Å². The Hall–Kier alpha value is -2.05. The van der Waals surface area contributed by atoms with Gasteiger partial charge in [-0.2, -0.15) is 0 Å². The number of nitrogens with one attached hydrogen (secondary N) is 1. The lowest BCUT2D eigenvalue weighted by atomic mass is 9.96. The SMILES string of the molecule is C[C@H]1C[C@@H](NC(=O)OC(C)(C)C)CN(c2ncncc2N)C1. The molecule has 1 aromatic heterocycles. The number of anilines is 2. The number of carbonyl (C=O) groups excluding carboxylic acids is 1. The van der Waals surface area contributed by atoms with Crippen LogP contribution >= 0.6 is 0 Å². The van der Waals surface area contributed by atoms with Crippen LogP contribution in [0.1, 0.15) is 34.1 Å². The number of hydrogen-bond acceptors (Lipinski definition) is 6. The maximum absolute atomic E-state index is 11.9. The number of nitrogens with zero attached hydrogens (tertiary/aromatic N) is 3. The highest BCUT2D eigenvalue weighted by atomic mass is 16.6. The summed E-state index contributed by atoms with van der Waals surface area (Å²) in [6.45, 7) is 9.21. The Morgan fingerprint density at radius 3 is 2.82 bits per heavy atom. The number of piperidine rings is 1. The molecule has 0 aliphatic carbocycles. The van der Waals surface area contributed by atoms with Crippen LogP contribution in [-0.4, -0.2) is 40.8 Å². The summed E-state index contributed by atoms with van der Waals surface area (Å²) in [4.78, 5) is 22.2. The summed E-state index contributed by atoms with van der Waals surface area (Å²) in [6, 6.07) is 0.00738. The number of hydrogen-bond donors (Lipinski definition) is 2. The number of nitrogen functional groups attached to an aromatic ring is 1. The van der Waals surface area contributed by atoms with Crippen LogP contribution in [0.2, 0.25) is 0 Å². The van der Waals surface area contributed by atoms with Gasteiger partial charge >= 0.3 is 6.09 Å². The van der Waals surface area contributed by atoms with E-state index in [1.54, 1.807) is 6.20 Å². The summed E-state index contributed by atoms with van der Waals surface area (Å²) in [5.74, 6) is 1.14. The number of nitrogens with two attached hydrogens (primary N) is 1. The highest BCUT2D eigenvalue weighted by Gasteiger charge is 2.29. The van der Waals surface area contributed by atoms with E-state index in [1.165, 1.54) is 6.33 Å². The maximum Gasteiger partial charge on any atom is 0.407 e. The fourth-order valence-corrected chi connectivity index (χ4v) is 2.70. The molecular weight excluding hydrogens is 282 g/mol. The molecule has 7 nitrogen and oxygen atoms in total. The molecule has 2 atom stereocenters. The predicted octanol–water partition coefficient (Wildman–Crippen LogP) is 1.80. The zero-order chi connectivity index (χ0) is 16.3. The third-order valence-corrected chi connectivity index (χ3v) is 3.40. The molecule has 0 aromatic carbocycles. The first-order chi connectivity index (χ1) is 10.2. The lowest BCUT2D eigenvalue weighted by Gasteiger charge is -2.37. The van der Waals surface area contributed by atoms with Crippen molar-refractivity contribution < 1.29 is 9.53 Å². The average Bonchev–Trinajstić information content (AvgIpc) is 2.35. The van der Waals surface area contributed by atoms with Gasteiger partial charge in [0.2, 0.25) is 0 Å². The van der Waals surface area contributed by atoms with Crippen molar-refractivity contribution in [3.8, 4) is 0 Å². The maximum atomic E-state index is 11.9. The molecule has 0 radical (unpaired) electrons. The monoisotopic (exact) mass is 307 g/mol. The number of carbonyl (C=O) groups is 1. The van der Waals surface area contributed by atoms with Gasteiger partial charge in [0.1, 0.15) is 11.9 Å². The normalized spacial score (nSPS) is 22.3. The van der Waals surface area contributed by atoms with E-state index in [2.05, 4.69) is 27.1 Å². The fourth-order valence-electron chi connectivity index (χ4n) is 2.70. The Kier molecular flexibility index (Phi) is 4.73. The minimum atomic E-state index is -0.499. The second-order valence-electron chi connectivity index (χ2n) is 6.89. The lowest BCUT2D eigenvalue weighted by Crippen LogP contribution is -2.51. The molecule has 1 fully saturated rings. The topological polar surface area (TPSA) is 93.4 Å². The first kappa shape index (κ1) is 16.3. The van der Waals surface area contributed by atoms with Crippen LogP contribution in [0.4, 0.5) is 16.3 Å². The van der Waals surface area contributed by atoms with Crippen LogP contribution < -0.4 is 16.0 Å². The van der Waals surface area contributed by atoms with Gasteiger partial charge in [-0.1, -0.05) is 6.92 Å². The van der Waals surface area contributed by atoms with Gasteiger partial charge in [-0.25, -0.2) is 14.8 Å². The van der Waals surface area contributed by atoms with Gasteiger partial charge in [-0.05, 0) is 33.1 Å². The van der Waals surface area contributed by atoms with Gasteiger partial charge in [-0.3, -0.25) is 0 Å². The zero-order valence-electron chi connectivity index (χ0n) is 13.7. The minimum absolute atomic E-state index is 0.00738.